The summed E-state index contributed by atoms with van der Waals surface area (Å²) in [6, 6.07) is 7.80. The molecule has 0 unspecified atom stereocenters. The van der Waals surface area contributed by atoms with Crippen molar-refractivity contribution in [2.24, 2.45) is 0 Å². The van der Waals surface area contributed by atoms with Crippen LogP contribution >= 0.6 is 11.3 Å². The second-order valence-electron chi connectivity index (χ2n) is 4.80. The lowest BCUT2D eigenvalue weighted by Gasteiger charge is -2.17. The first-order valence-corrected chi connectivity index (χ1v) is 8.07. The van der Waals surface area contributed by atoms with E-state index in [-0.39, 0.29) is 5.91 Å². The Hall–Kier alpha value is -1.59. The SMILES string of the molecule is CCN(CC)CCNC(=O)c1cc2ccc(OC)cc2s1. The van der Waals surface area contributed by atoms with Crippen LogP contribution in [0.5, 0.6) is 5.75 Å². The molecule has 2 aromatic rings. The van der Waals surface area contributed by atoms with Gasteiger partial charge in [0, 0.05) is 17.8 Å². The molecule has 1 amide bonds. The van der Waals surface area contributed by atoms with E-state index in [0.717, 1.165) is 40.3 Å². The van der Waals surface area contributed by atoms with Crippen molar-refractivity contribution in [1.29, 1.82) is 0 Å². The van der Waals surface area contributed by atoms with Gasteiger partial charge in [-0.3, -0.25) is 4.79 Å². The Labute approximate surface area is 129 Å². The molecule has 1 heterocycles. The predicted octanol–water partition coefficient (Wildman–Crippen LogP) is 2.98. The van der Waals surface area contributed by atoms with Crippen LogP contribution in [0.15, 0.2) is 24.3 Å². The van der Waals surface area contributed by atoms with E-state index in [4.69, 9.17) is 4.74 Å². The van der Waals surface area contributed by atoms with Gasteiger partial charge in [-0.25, -0.2) is 0 Å². The molecule has 1 aromatic carbocycles. The number of fused-ring (bicyclic) bond motifs is 1. The summed E-state index contributed by atoms with van der Waals surface area (Å²) >= 11 is 1.50. The van der Waals surface area contributed by atoms with Gasteiger partial charge < -0.3 is 15.0 Å². The van der Waals surface area contributed by atoms with Crippen molar-refractivity contribution in [2.75, 3.05) is 33.3 Å². The average molecular weight is 306 g/mol. The molecular weight excluding hydrogens is 284 g/mol. The van der Waals surface area contributed by atoms with Gasteiger partial charge in [-0.1, -0.05) is 13.8 Å². The average Bonchev–Trinajstić information content (AvgIpc) is 2.94. The molecule has 2 rings (SSSR count). The highest BCUT2D eigenvalue weighted by Gasteiger charge is 2.10. The molecule has 0 fully saturated rings. The number of amides is 1. The Morgan fingerprint density at radius 2 is 2.05 bits per heavy atom. The summed E-state index contributed by atoms with van der Waals surface area (Å²) in [6.45, 7) is 7.84. The normalized spacial score (nSPS) is 11.0. The lowest BCUT2D eigenvalue weighted by molar-refractivity contribution is 0.0953. The molecule has 5 heteroatoms. The highest BCUT2D eigenvalue weighted by molar-refractivity contribution is 7.20. The quantitative estimate of drug-likeness (QED) is 0.855. The van der Waals surface area contributed by atoms with E-state index >= 15 is 0 Å². The zero-order valence-electron chi connectivity index (χ0n) is 12.8. The summed E-state index contributed by atoms with van der Waals surface area (Å²) in [6.07, 6.45) is 0. The minimum absolute atomic E-state index is 0.00215. The number of nitrogens with zero attached hydrogens (tertiary/aromatic N) is 1. The Kier molecular flexibility index (Phi) is 5.59. The summed E-state index contributed by atoms with van der Waals surface area (Å²) in [5.74, 6) is 0.820. The van der Waals surface area contributed by atoms with Gasteiger partial charge in [-0.2, -0.15) is 0 Å². The summed E-state index contributed by atoms with van der Waals surface area (Å²) < 4.78 is 6.28. The van der Waals surface area contributed by atoms with E-state index in [2.05, 4.69) is 24.1 Å². The van der Waals surface area contributed by atoms with E-state index in [0.29, 0.717) is 6.54 Å². The third-order valence-electron chi connectivity index (χ3n) is 3.56. The lowest BCUT2D eigenvalue weighted by atomic mass is 10.2. The number of likely N-dealkylation sites (N-methyl/N-ethyl adjacent to an activating group) is 1. The molecule has 0 aliphatic heterocycles. The second kappa shape index (κ2) is 7.43. The molecule has 0 saturated carbocycles. The molecule has 0 radical (unpaired) electrons. The molecule has 1 N–H and O–H groups in total. The first-order valence-electron chi connectivity index (χ1n) is 7.26. The number of carbonyl (C=O) groups excluding carboxylic acids is 1. The largest absolute Gasteiger partial charge is 0.497 e. The van der Waals surface area contributed by atoms with Crippen LogP contribution in [0.25, 0.3) is 10.1 Å². The van der Waals surface area contributed by atoms with Crippen LogP contribution in [0.4, 0.5) is 0 Å². The van der Waals surface area contributed by atoms with E-state index < -0.39 is 0 Å². The zero-order valence-corrected chi connectivity index (χ0v) is 13.6. The molecule has 0 atom stereocenters. The van der Waals surface area contributed by atoms with Crippen LogP contribution in [0, 0.1) is 0 Å². The van der Waals surface area contributed by atoms with Crippen LogP contribution < -0.4 is 10.1 Å². The first kappa shape index (κ1) is 15.8. The van der Waals surface area contributed by atoms with Gasteiger partial charge in [0.2, 0.25) is 0 Å². The molecular formula is C16H22N2O2S. The van der Waals surface area contributed by atoms with Gasteiger partial charge in [-0.15, -0.1) is 11.3 Å². The molecule has 0 saturated heterocycles. The molecule has 0 spiro atoms. The van der Waals surface area contributed by atoms with Crippen molar-refractivity contribution >= 4 is 27.3 Å². The summed E-state index contributed by atoms with van der Waals surface area (Å²) in [5.41, 5.74) is 0. The third kappa shape index (κ3) is 3.95. The van der Waals surface area contributed by atoms with Gasteiger partial charge in [0.1, 0.15) is 5.75 Å². The molecule has 0 aliphatic rings. The van der Waals surface area contributed by atoms with E-state index in [1.54, 1.807) is 7.11 Å². The molecule has 114 valence electrons. The minimum Gasteiger partial charge on any atom is -0.497 e. The van der Waals surface area contributed by atoms with Crippen molar-refractivity contribution < 1.29 is 9.53 Å². The van der Waals surface area contributed by atoms with Gasteiger partial charge in [-0.05, 0) is 42.7 Å². The van der Waals surface area contributed by atoms with Crippen LogP contribution in [-0.4, -0.2) is 44.1 Å². The zero-order chi connectivity index (χ0) is 15.2. The van der Waals surface area contributed by atoms with Crippen LogP contribution in [0.2, 0.25) is 0 Å². The minimum atomic E-state index is 0.00215. The Morgan fingerprint density at radius 1 is 1.29 bits per heavy atom. The fourth-order valence-corrected chi connectivity index (χ4v) is 3.21. The van der Waals surface area contributed by atoms with E-state index in [9.17, 15) is 4.79 Å². The molecule has 4 nitrogen and oxygen atoms in total. The third-order valence-corrected chi connectivity index (χ3v) is 4.66. The number of benzene rings is 1. The highest BCUT2D eigenvalue weighted by Crippen LogP contribution is 2.28. The maximum atomic E-state index is 12.2. The van der Waals surface area contributed by atoms with E-state index in [1.165, 1.54) is 11.3 Å². The number of carbonyl (C=O) groups is 1. The van der Waals surface area contributed by atoms with Crippen molar-refractivity contribution in [3.05, 3.63) is 29.1 Å². The summed E-state index contributed by atoms with van der Waals surface area (Å²) in [5, 5.41) is 4.06. The second-order valence-corrected chi connectivity index (χ2v) is 5.88. The van der Waals surface area contributed by atoms with Gasteiger partial charge in [0.05, 0.1) is 12.0 Å². The van der Waals surface area contributed by atoms with E-state index in [1.807, 2.05) is 24.3 Å². The topological polar surface area (TPSA) is 41.6 Å². The molecule has 0 aliphatic carbocycles. The van der Waals surface area contributed by atoms with Crippen molar-refractivity contribution in [3.63, 3.8) is 0 Å². The number of ether oxygens (including phenoxy) is 1. The van der Waals surface area contributed by atoms with Crippen molar-refractivity contribution in [1.82, 2.24) is 10.2 Å². The predicted molar refractivity (Wildman–Crippen MR) is 88.5 cm³/mol. The first-order chi connectivity index (χ1) is 10.2. The Morgan fingerprint density at radius 3 is 2.71 bits per heavy atom. The number of nitrogens with one attached hydrogen (secondary N) is 1. The molecule has 0 bridgehead atoms. The maximum absolute atomic E-state index is 12.2. The van der Waals surface area contributed by atoms with Gasteiger partial charge in [0.15, 0.2) is 0 Å². The van der Waals surface area contributed by atoms with Crippen LogP contribution in [-0.2, 0) is 0 Å². The maximum Gasteiger partial charge on any atom is 0.261 e. The van der Waals surface area contributed by atoms with Gasteiger partial charge >= 0.3 is 0 Å². The number of rotatable bonds is 7. The fourth-order valence-electron chi connectivity index (χ4n) is 2.20. The summed E-state index contributed by atoms with van der Waals surface area (Å²) in [7, 11) is 1.65. The molecule has 21 heavy (non-hydrogen) atoms. The number of hydrogen-bond acceptors (Lipinski definition) is 4. The molecule has 1 aromatic heterocycles. The van der Waals surface area contributed by atoms with Crippen LogP contribution in [0.3, 0.4) is 0 Å². The van der Waals surface area contributed by atoms with Crippen molar-refractivity contribution in [2.45, 2.75) is 13.8 Å². The Bertz CT molecular complexity index is 605. The summed E-state index contributed by atoms with van der Waals surface area (Å²) in [4.78, 5) is 15.2. The number of thiophene rings is 1. The fraction of sp³-hybridized carbons (Fsp3) is 0.438. The number of methoxy groups -OCH3 is 1. The van der Waals surface area contributed by atoms with Crippen LogP contribution in [0.1, 0.15) is 23.5 Å². The van der Waals surface area contributed by atoms with Crippen molar-refractivity contribution in [3.8, 4) is 5.75 Å². The standard InChI is InChI=1S/C16H22N2O2S/c1-4-18(5-2)9-8-17-16(19)15-10-12-6-7-13(20-3)11-14(12)21-15/h6-7,10-11H,4-5,8-9H2,1-3H3,(H,17,19). The Balaban J connectivity index is 1.99. The smallest absolute Gasteiger partial charge is 0.261 e. The van der Waals surface area contributed by atoms with Gasteiger partial charge in [0.25, 0.3) is 5.91 Å². The number of hydrogen-bond donors (Lipinski definition) is 1. The highest BCUT2D eigenvalue weighted by atomic mass is 32.1. The monoisotopic (exact) mass is 306 g/mol. The lowest BCUT2D eigenvalue weighted by Crippen LogP contribution is -2.34.